The van der Waals surface area contributed by atoms with E-state index in [9.17, 15) is 4.79 Å². The zero-order chi connectivity index (χ0) is 21.5. The van der Waals surface area contributed by atoms with Crippen LogP contribution in [0.4, 0.5) is 0 Å². The van der Waals surface area contributed by atoms with Crippen molar-refractivity contribution in [2.75, 3.05) is 19.7 Å². The van der Waals surface area contributed by atoms with E-state index in [1.54, 1.807) is 18.5 Å². The summed E-state index contributed by atoms with van der Waals surface area (Å²) in [5, 5.41) is 0. The number of carbonyl (C=O) groups excluding carboxylic acids is 1. The van der Waals surface area contributed by atoms with Crippen LogP contribution in [0.1, 0.15) is 47.2 Å². The van der Waals surface area contributed by atoms with Crippen molar-refractivity contribution in [1.29, 1.82) is 0 Å². The van der Waals surface area contributed by atoms with E-state index in [0.29, 0.717) is 36.2 Å². The zero-order valence-corrected chi connectivity index (χ0v) is 17.9. The standard InChI is InChI=1S/C26H28N2O3/c1-2-30-25-17-23(10-11-24(25)31-19-20-7-6-14-27-18-20)26(29)28-15-12-22(13-16-28)21-8-4-3-5-9-21/h3-11,14,17-18,22H,2,12-13,15-16,19H2,1H3. The smallest absolute Gasteiger partial charge is 0.253 e. The summed E-state index contributed by atoms with van der Waals surface area (Å²) in [6, 6.07) is 19.9. The summed E-state index contributed by atoms with van der Waals surface area (Å²) in [6.45, 7) is 4.36. The Morgan fingerprint density at radius 1 is 1.00 bits per heavy atom. The highest BCUT2D eigenvalue weighted by Crippen LogP contribution is 2.32. The number of amides is 1. The zero-order valence-electron chi connectivity index (χ0n) is 17.9. The Morgan fingerprint density at radius 2 is 1.81 bits per heavy atom. The highest BCUT2D eigenvalue weighted by molar-refractivity contribution is 5.95. The fourth-order valence-electron chi connectivity index (χ4n) is 4.00. The first kappa shape index (κ1) is 20.9. The van der Waals surface area contributed by atoms with E-state index in [-0.39, 0.29) is 5.91 Å². The third-order valence-corrected chi connectivity index (χ3v) is 5.66. The van der Waals surface area contributed by atoms with Gasteiger partial charge in [0, 0.05) is 36.6 Å². The minimum Gasteiger partial charge on any atom is -0.490 e. The molecule has 0 spiro atoms. The molecule has 2 heterocycles. The van der Waals surface area contributed by atoms with Crippen molar-refractivity contribution in [2.24, 2.45) is 0 Å². The Balaban J connectivity index is 1.41. The number of benzene rings is 2. The number of ether oxygens (including phenoxy) is 2. The first-order chi connectivity index (χ1) is 15.2. The molecular weight excluding hydrogens is 388 g/mol. The fraction of sp³-hybridized carbons (Fsp3) is 0.308. The van der Waals surface area contributed by atoms with E-state index in [0.717, 1.165) is 31.5 Å². The maximum Gasteiger partial charge on any atom is 0.253 e. The molecule has 1 fully saturated rings. The Bertz CT molecular complexity index is 984. The fourth-order valence-corrected chi connectivity index (χ4v) is 4.00. The van der Waals surface area contributed by atoms with Crippen molar-refractivity contribution >= 4 is 5.91 Å². The molecule has 1 saturated heterocycles. The Kier molecular flexibility index (Phi) is 6.82. The molecule has 1 amide bonds. The molecule has 0 saturated carbocycles. The Hall–Kier alpha value is -3.34. The molecule has 0 bridgehead atoms. The average Bonchev–Trinajstić information content (AvgIpc) is 2.84. The molecule has 1 aliphatic heterocycles. The number of hydrogen-bond donors (Lipinski definition) is 0. The van der Waals surface area contributed by atoms with Crippen LogP contribution in [0.3, 0.4) is 0 Å². The van der Waals surface area contributed by atoms with Crippen molar-refractivity contribution in [1.82, 2.24) is 9.88 Å². The third kappa shape index (κ3) is 5.23. The molecule has 2 aromatic carbocycles. The van der Waals surface area contributed by atoms with Crippen LogP contribution in [-0.2, 0) is 6.61 Å². The third-order valence-electron chi connectivity index (χ3n) is 5.66. The van der Waals surface area contributed by atoms with Gasteiger partial charge in [0.05, 0.1) is 6.61 Å². The van der Waals surface area contributed by atoms with E-state index in [2.05, 4.69) is 29.2 Å². The number of rotatable bonds is 7. The highest BCUT2D eigenvalue weighted by Gasteiger charge is 2.25. The number of hydrogen-bond acceptors (Lipinski definition) is 4. The highest BCUT2D eigenvalue weighted by atomic mass is 16.5. The van der Waals surface area contributed by atoms with Crippen LogP contribution >= 0.6 is 0 Å². The van der Waals surface area contributed by atoms with Crippen molar-refractivity contribution in [3.8, 4) is 11.5 Å². The predicted molar refractivity (Wildman–Crippen MR) is 121 cm³/mol. The van der Waals surface area contributed by atoms with Crippen molar-refractivity contribution in [3.05, 3.63) is 89.7 Å². The predicted octanol–water partition coefficient (Wildman–Crippen LogP) is 5.08. The van der Waals surface area contributed by atoms with Gasteiger partial charge in [-0.05, 0) is 55.5 Å². The van der Waals surface area contributed by atoms with Gasteiger partial charge in [-0.25, -0.2) is 0 Å². The lowest BCUT2D eigenvalue weighted by Gasteiger charge is -2.32. The molecule has 1 aliphatic rings. The molecule has 0 aliphatic carbocycles. The van der Waals surface area contributed by atoms with E-state index in [1.807, 2.05) is 42.2 Å². The van der Waals surface area contributed by atoms with Crippen LogP contribution < -0.4 is 9.47 Å². The maximum absolute atomic E-state index is 13.1. The second kappa shape index (κ2) is 10.1. The lowest BCUT2D eigenvalue weighted by Crippen LogP contribution is -2.37. The molecule has 0 radical (unpaired) electrons. The maximum atomic E-state index is 13.1. The Labute approximate surface area is 183 Å². The number of carbonyl (C=O) groups is 1. The molecule has 160 valence electrons. The van der Waals surface area contributed by atoms with Crippen molar-refractivity contribution < 1.29 is 14.3 Å². The molecule has 3 aromatic rings. The lowest BCUT2D eigenvalue weighted by atomic mass is 9.89. The van der Waals surface area contributed by atoms with Gasteiger partial charge in [0.2, 0.25) is 0 Å². The molecule has 1 aromatic heterocycles. The van der Waals surface area contributed by atoms with Crippen LogP contribution in [0.15, 0.2) is 73.1 Å². The van der Waals surface area contributed by atoms with Gasteiger partial charge < -0.3 is 14.4 Å². The topological polar surface area (TPSA) is 51.7 Å². The van der Waals surface area contributed by atoms with Gasteiger partial charge in [0.1, 0.15) is 6.61 Å². The molecule has 5 nitrogen and oxygen atoms in total. The number of aromatic nitrogens is 1. The minimum absolute atomic E-state index is 0.0475. The van der Waals surface area contributed by atoms with Crippen LogP contribution in [0.2, 0.25) is 0 Å². The van der Waals surface area contributed by atoms with E-state index in [1.165, 1.54) is 5.56 Å². The quantitative estimate of drug-likeness (QED) is 0.539. The van der Waals surface area contributed by atoms with Crippen molar-refractivity contribution in [3.63, 3.8) is 0 Å². The summed E-state index contributed by atoms with van der Waals surface area (Å²) in [5.74, 6) is 1.79. The largest absolute Gasteiger partial charge is 0.490 e. The van der Waals surface area contributed by atoms with Gasteiger partial charge in [-0.3, -0.25) is 9.78 Å². The summed E-state index contributed by atoms with van der Waals surface area (Å²) in [7, 11) is 0. The normalized spacial score (nSPS) is 14.3. The van der Waals surface area contributed by atoms with Gasteiger partial charge in [0.25, 0.3) is 5.91 Å². The van der Waals surface area contributed by atoms with Gasteiger partial charge in [-0.1, -0.05) is 36.4 Å². The first-order valence-corrected chi connectivity index (χ1v) is 10.9. The van der Waals surface area contributed by atoms with E-state index < -0.39 is 0 Å². The Morgan fingerprint density at radius 3 is 2.52 bits per heavy atom. The second-order valence-corrected chi connectivity index (χ2v) is 7.72. The summed E-state index contributed by atoms with van der Waals surface area (Å²) in [6.07, 6.45) is 5.48. The van der Waals surface area contributed by atoms with E-state index >= 15 is 0 Å². The summed E-state index contributed by atoms with van der Waals surface area (Å²) >= 11 is 0. The number of likely N-dealkylation sites (tertiary alicyclic amines) is 1. The molecule has 31 heavy (non-hydrogen) atoms. The average molecular weight is 417 g/mol. The van der Waals surface area contributed by atoms with E-state index in [4.69, 9.17) is 9.47 Å². The van der Waals surface area contributed by atoms with Gasteiger partial charge in [-0.2, -0.15) is 0 Å². The molecule has 0 N–H and O–H groups in total. The SMILES string of the molecule is CCOc1cc(C(=O)N2CCC(c3ccccc3)CC2)ccc1OCc1cccnc1. The van der Waals surface area contributed by atoms with Gasteiger partial charge in [-0.15, -0.1) is 0 Å². The summed E-state index contributed by atoms with van der Waals surface area (Å²) in [4.78, 5) is 19.2. The van der Waals surface area contributed by atoms with Crippen LogP contribution in [-0.4, -0.2) is 35.5 Å². The van der Waals surface area contributed by atoms with Gasteiger partial charge in [0.15, 0.2) is 11.5 Å². The van der Waals surface area contributed by atoms with Crippen molar-refractivity contribution in [2.45, 2.75) is 32.3 Å². The molecule has 0 unspecified atom stereocenters. The van der Waals surface area contributed by atoms with Crippen LogP contribution in [0.5, 0.6) is 11.5 Å². The summed E-state index contributed by atoms with van der Waals surface area (Å²) in [5.41, 5.74) is 2.98. The number of pyridine rings is 1. The first-order valence-electron chi connectivity index (χ1n) is 10.9. The van der Waals surface area contributed by atoms with Crippen LogP contribution in [0.25, 0.3) is 0 Å². The number of piperidine rings is 1. The molecule has 0 atom stereocenters. The second-order valence-electron chi connectivity index (χ2n) is 7.72. The van der Waals surface area contributed by atoms with Crippen LogP contribution in [0, 0.1) is 0 Å². The lowest BCUT2D eigenvalue weighted by molar-refractivity contribution is 0.0712. The molecular formula is C26H28N2O3. The summed E-state index contributed by atoms with van der Waals surface area (Å²) < 4.78 is 11.7. The molecule has 5 heteroatoms. The number of nitrogens with zero attached hydrogens (tertiary/aromatic N) is 2. The minimum atomic E-state index is 0.0475. The monoisotopic (exact) mass is 416 g/mol. The van der Waals surface area contributed by atoms with Gasteiger partial charge >= 0.3 is 0 Å². The molecule has 4 rings (SSSR count).